The molecule has 0 fully saturated rings. The molecular formula is C23H26N2O4S. The van der Waals surface area contributed by atoms with Gasteiger partial charge in [0.1, 0.15) is 5.75 Å². The second kappa shape index (κ2) is 9.73. The van der Waals surface area contributed by atoms with E-state index >= 15 is 0 Å². The highest BCUT2D eigenvalue weighted by atomic mass is 32.2. The van der Waals surface area contributed by atoms with Crippen molar-refractivity contribution in [3.8, 4) is 5.75 Å². The summed E-state index contributed by atoms with van der Waals surface area (Å²) in [7, 11) is -3.55. The van der Waals surface area contributed by atoms with Crippen molar-refractivity contribution in [1.82, 2.24) is 10.0 Å². The summed E-state index contributed by atoms with van der Waals surface area (Å²) in [6, 6.07) is 20.0. The van der Waals surface area contributed by atoms with E-state index in [2.05, 4.69) is 10.0 Å². The van der Waals surface area contributed by atoms with E-state index in [4.69, 9.17) is 4.74 Å². The van der Waals surface area contributed by atoms with Gasteiger partial charge in [-0.15, -0.1) is 0 Å². The van der Waals surface area contributed by atoms with Crippen LogP contribution >= 0.6 is 0 Å². The molecule has 0 aromatic heterocycles. The molecule has 0 saturated carbocycles. The summed E-state index contributed by atoms with van der Waals surface area (Å²) < 4.78 is 32.5. The maximum atomic E-state index is 12.2. The molecule has 0 aliphatic heterocycles. The van der Waals surface area contributed by atoms with Gasteiger partial charge in [0, 0.05) is 13.1 Å². The van der Waals surface area contributed by atoms with Crippen LogP contribution in [0, 0.1) is 5.92 Å². The molecule has 0 spiro atoms. The van der Waals surface area contributed by atoms with Crippen LogP contribution in [0.2, 0.25) is 0 Å². The molecule has 0 radical (unpaired) electrons. The molecule has 7 heteroatoms. The van der Waals surface area contributed by atoms with Gasteiger partial charge in [-0.25, -0.2) is 13.1 Å². The van der Waals surface area contributed by atoms with Gasteiger partial charge < -0.3 is 10.1 Å². The van der Waals surface area contributed by atoms with Crippen molar-refractivity contribution in [2.75, 3.05) is 13.2 Å². The number of ether oxygens (including phenoxy) is 1. The van der Waals surface area contributed by atoms with Crippen molar-refractivity contribution in [2.45, 2.75) is 25.3 Å². The highest BCUT2D eigenvalue weighted by molar-refractivity contribution is 7.89. The van der Waals surface area contributed by atoms with Crippen LogP contribution in [-0.4, -0.2) is 27.5 Å². The Morgan fingerprint density at radius 2 is 1.67 bits per heavy atom. The number of nitrogens with one attached hydrogen (secondary N) is 2. The number of fused-ring (bicyclic) bond motifs is 1. The molecular weight excluding hydrogens is 400 g/mol. The molecule has 0 heterocycles. The number of rotatable bonds is 9. The third-order valence-corrected chi connectivity index (χ3v) is 5.98. The normalized spacial score (nSPS) is 11.6. The number of sulfonamides is 1. The minimum Gasteiger partial charge on any atom is -0.484 e. The van der Waals surface area contributed by atoms with Crippen molar-refractivity contribution in [1.29, 1.82) is 0 Å². The fourth-order valence-corrected chi connectivity index (χ4v) is 4.13. The molecule has 3 aromatic rings. The van der Waals surface area contributed by atoms with E-state index < -0.39 is 10.0 Å². The van der Waals surface area contributed by atoms with Crippen LogP contribution in [0.3, 0.4) is 0 Å². The van der Waals surface area contributed by atoms with E-state index in [1.807, 2.05) is 56.3 Å². The van der Waals surface area contributed by atoms with Gasteiger partial charge >= 0.3 is 0 Å². The van der Waals surface area contributed by atoms with E-state index in [1.54, 1.807) is 12.1 Å². The van der Waals surface area contributed by atoms with Gasteiger partial charge in [-0.05, 0) is 46.5 Å². The highest BCUT2D eigenvalue weighted by Crippen LogP contribution is 2.18. The molecule has 158 valence electrons. The Bertz CT molecular complexity index is 1100. The Morgan fingerprint density at radius 3 is 2.40 bits per heavy atom. The lowest BCUT2D eigenvalue weighted by Gasteiger charge is -2.11. The van der Waals surface area contributed by atoms with Gasteiger partial charge in [0.25, 0.3) is 5.91 Å². The minimum atomic E-state index is -3.55. The predicted octanol–water partition coefficient (Wildman–Crippen LogP) is 3.47. The number of carbonyl (C=O) groups is 1. The van der Waals surface area contributed by atoms with Gasteiger partial charge in [0.05, 0.1) is 4.90 Å². The summed E-state index contributed by atoms with van der Waals surface area (Å²) in [5, 5.41) is 5.08. The maximum absolute atomic E-state index is 12.2. The van der Waals surface area contributed by atoms with Crippen LogP contribution < -0.4 is 14.8 Å². The predicted molar refractivity (Wildman–Crippen MR) is 118 cm³/mol. The van der Waals surface area contributed by atoms with Gasteiger partial charge in [-0.2, -0.15) is 0 Å². The Balaban J connectivity index is 1.52. The van der Waals surface area contributed by atoms with Crippen molar-refractivity contribution >= 4 is 26.7 Å². The van der Waals surface area contributed by atoms with E-state index in [-0.39, 0.29) is 23.3 Å². The van der Waals surface area contributed by atoms with Crippen LogP contribution in [-0.2, 0) is 21.4 Å². The number of amides is 1. The van der Waals surface area contributed by atoms with Crippen LogP contribution in [0.15, 0.2) is 71.6 Å². The first-order valence-electron chi connectivity index (χ1n) is 9.81. The maximum Gasteiger partial charge on any atom is 0.258 e. The molecule has 3 rings (SSSR count). The molecule has 30 heavy (non-hydrogen) atoms. The summed E-state index contributed by atoms with van der Waals surface area (Å²) in [5.41, 5.74) is 1.03. The fourth-order valence-electron chi connectivity index (χ4n) is 2.92. The molecule has 2 N–H and O–H groups in total. The average Bonchev–Trinajstić information content (AvgIpc) is 2.75. The Kier molecular flexibility index (Phi) is 7.07. The molecule has 6 nitrogen and oxygen atoms in total. The lowest BCUT2D eigenvalue weighted by molar-refractivity contribution is -0.123. The highest BCUT2D eigenvalue weighted by Gasteiger charge is 2.14. The van der Waals surface area contributed by atoms with E-state index in [1.165, 1.54) is 12.1 Å². The summed E-state index contributed by atoms with van der Waals surface area (Å²) in [6.45, 7) is 4.50. The molecule has 0 saturated heterocycles. The van der Waals surface area contributed by atoms with Gasteiger partial charge in [-0.1, -0.05) is 56.3 Å². The molecule has 0 unspecified atom stereocenters. The third-order valence-electron chi connectivity index (χ3n) is 4.54. The fraction of sp³-hybridized carbons (Fsp3) is 0.261. The zero-order valence-electron chi connectivity index (χ0n) is 17.1. The smallest absolute Gasteiger partial charge is 0.258 e. The van der Waals surface area contributed by atoms with Crippen molar-refractivity contribution in [2.24, 2.45) is 5.92 Å². The van der Waals surface area contributed by atoms with Crippen LogP contribution in [0.1, 0.15) is 19.4 Å². The first-order valence-corrected chi connectivity index (χ1v) is 11.3. The SMILES string of the molecule is CC(C)CNS(=O)(=O)c1ccc(OCC(=O)NCc2cccc3ccccc23)cc1. The quantitative estimate of drug-likeness (QED) is 0.549. The molecule has 0 bridgehead atoms. The van der Waals surface area contributed by atoms with Gasteiger partial charge in [0.15, 0.2) is 6.61 Å². The average molecular weight is 427 g/mol. The summed E-state index contributed by atoms with van der Waals surface area (Å²) in [4.78, 5) is 12.3. The largest absolute Gasteiger partial charge is 0.484 e. The number of carbonyl (C=O) groups excluding carboxylic acids is 1. The summed E-state index contributed by atoms with van der Waals surface area (Å²) in [6.07, 6.45) is 0. The van der Waals surface area contributed by atoms with Crippen LogP contribution in [0.5, 0.6) is 5.75 Å². The summed E-state index contributed by atoms with van der Waals surface area (Å²) >= 11 is 0. The van der Waals surface area contributed by atoms with Gasteiger partial charge in [-0.3, -0.25) is 4.79 Å². The summed E-state index contributed by atoms with van der Waals surface area (Å²) in [5.74, 6) is 0.395. The van der Waals surface area contributed by atoms with Crippen molar-refractivity contribution < 1.29 is 17.9 Å². The van der Waals surface area contributed by atoms with Gasteiger partial charge in [0.2, 0.25) is 10.0 Å². The minimum absolute atomic E-state index is 0.150. The second-order valence-electron chi connectivity index (χ2n) is 7.42. The standard InChI is InChI=1S/C23H26N2O4S/c1-17(2)14-25-30(27,28)21-12-10-20(11-13-21)29-16-23(26)24-15-19-8-5-7-18-6-3-4-9-22(18)19/h3-13,17,25H,14-16H2,1-2H3,(H,24,26). The Hall–Kier alpha value is -2.90. The number of benzene rings is 3. The Morgan fingerprint density at radius 1 is 0.967 bits per heavy atom. The molecule has 1 amide bonds. The topological polar surface area (TPSA) is 84.5 Å². The molecule has 3 aromatic carbocycles. The van der Waals surface area contributed by atoms with E-state index in [9.17, 15) is 13.2 Å². The first kappa shape index (κ1) is 21.8. The zero-order chi connectivity index (χ0) is 21.6. The van der Waals surface area contributed by atoms with Crippen LogP contribution in [0.4, 0.5) is 0 Å². The van der Waals surface area contributed by atoms with Crippen LogP contribution in [0.25, 0.3) is 10.8 Å². The number of hydrogen-bond acceptors (Lipinski definition) is 4. The van der Waals surface area contributed by atoms with E-state index in [0.717, 1.165) is 16.3 Å². The molecule has 0 aliphatic rings. The first-order chi connectivity index (χ1) is 14.3. The lowest BCUT2D eigenvalue weighted by atomic mass is 10.0. The van der Waals surface area contributed by atoms with Crippen molar-refractivity contribution in [3.05, 3.63) is 72.3 Å². The molecule has 0 atom stereocenters. The monoisotopic (exact) mass is 426 g/mol. The Labute approximate surface area is 177 Å². The molecule has 0 aliphatic carbocycles. The van der Waals surface area contributed by atoms with Crippen molar-refractivity contribution in [3.63, 3.8) is 0 Å². The van der Waals surface area contributed by atoms with E-state index in [0.29, 0.717) is 18.8 Å². The zero-order valence-corrected chi connectivity index (χ0v) is 17.9. The lowest BCUT2D eigenvalue weighted by Crippen LogP contribution is -2.28. The third kappa shape index (κ3) is 5.81. The number of hydrogen-bond donors (Lipinski definition) is 2. The second-order valence-corrected chi connectivity index (χ2v) is 9.19.